The average Bonchev–Trinajstić information content (AvgIpc) is 3.07. The van der Waals surface area contributed by atoms with Gasteiger partial charge in [-0.15, -0.1) is 0 Å². The summed E-state index contributed by atoms with van der Waals surface area (Å²) in [5.41, 5.74) is 5.34. The van der Waals surface area contributed by atoms with E-state index in [9.17, 15) is 0 Å². The maximum atomic E-state index is 6.41. The lowest BCUT2D eigenvalue weighted by atomic mass is 9.94. The first kappa shape index (κ1) is 20.0. The molecule has 0 aromatic carbocycles. The molecular weight excluding hydrogens is 360 g/mol. The van der Waals surface area contributed by atoms with Gasteiger partial charge in [0.05, 0.1) is 17.3 Å². The molecule has 1 unspecified atom stereocenters. The van der Waals surface area contributed by atoms with Gasteiger partial charge in [-0.25, -0.2) is 4.52 Å². The van der Waals surface area contributed by atoms with Crippen LogP contribution >= 0.6 is 11.6 Å². The van der Waals surface area contributed by atoms with Crippen molar-refractivity contribution >= 4 is 22.7 Å². The second kappa shape index (κ2) is 8.49. The number of hydrogen-bond donors (Lipinski definition) is 0. The Morgan fingerprint density at radius 3 is 2.78 bits per heavy atom. The van der Waals surface area contributed by atoms with E-state index in [1.54, 1.807) is 10.7 Å². The maximum Gasteiger partial charge on any atom is 0.147 e. The van der Waals surface area contributed by atoms with Gasteiger partial charge in [0.15, 0.2) is 0 Å². The molecule has 0 saturated carbocycles. The number of aromatic nitrogens is 2. The van der Waals surface area contributed by atoms with Crippen LogP contribution in [0.3, 0.4) is 0 Å². The van der Waals surface area contributed by atoms with E-state index in [4.69, 9.17) is 21.1 Å². The lowest BCUT2D eigenvalue weighted by Crippen LogP contribution is -2.29. The van der Waals surface area contributed by atoms with Crippen molar-refractivity contribution < 1.29 is 9.47 Å². The Morgan fingerprint density at radius 2 is 2.11 bits per heavy atom. The molecule has 3 rings (SSSR count). The highest BCUT2D eigenvalue weighted by Crippen LogP contribution is 2.34. The molecule has 3 heterocycles. The fourth-order valence-corrected chi connectivity index (χ4v) is 3.75. The van der Waals surface area contributed by atoms with Gasteiger partial charge in [-0.05, 0) is 63.2 Å². The van der Waals surface area contributed by atoms with Crippen LogP contribution in [-0.2, 0) is 4.74 Å². The molecular formula is C22H29ClN2O2. The fraction of sp³-hybridized carbons (Fsp3) is 0.500. The number of rotatable bonds is 6. The third-order valence-electron chi connectivity index (χ3n) is 5.75. The Bertz CT molecular complexity index is 863. The standard InChI is InChI=1S/C22H29ClN2O2/c1-6-14(2)15(3)16(4)19-11-21(22-20(23)12-24-25(22)13-19)27-17(5)18-7-9-26-10-8-18/h11-13,17-18H,4,6-10H2,1-3,5H3/b15-14+. The highest BCUT2D eigenvalue weighted by Gasteiger charge is 2.24. The first-order chi connectivity index (χ1) is 12.9. The lowest BCUT2D eigenvalue weighted by Gasteiger charge is -2.28. The van der Waals surface area contributed by atoms with Crippen LogP contribution in [0.5, 0.6) is 5.75 Å². The van der Waals surface area contributed by atoms with Crippen LogP contribution in [0.1, 0.15) is 52.5 Å². The van der Waals surface area contributed by atoms with Crippen molar-refractivity contribution in [3.8, 4) is 5.75 Å². The van der Waals surface area contributed by atoms with Crippen molar-refractivity contribution in [2.45, 2.75) is 53.1 Å². The summed E-state index contributed by atoms with van der Waals surface area (Å²) in [5.74, 6) is 1.24. The van der Waals surface area contributed by atoms with Gasteiger partial charge in [0.1, 0.15) is 11.3 Å². The molecule has 146 valence electrons. The molecule has 4 nitrogen and oxygen atoms in total. The molecule has 2 aromatic rings. The summed E-state index contributed by atoms with van der Waals surface area (Å²) in [4.78, 5) is 0. The number of pyridine rings is 1. The first-order valence-corrected chi connectivity index (χ1v) is 10.1. The monoisotopic (exact) mass is 388 g/mol. The van der Waals surface area contributed by atoms with E-state index >= 15 is 0 Å². The van der Waals surface area contributed by atoms with Crippen LogP contribution in [0.25, 0.3) is 11.1 Å². The van der Waals surface area contributed by atoms with Gasteiger partial charge in [0, 0.05) is 25.0 Å². The molecule has 0 radical (unpaired) electrons. The molecule has 1 atom stereocenters. The van der Waals surface area contributed by atoms with E-state index in [0.29, 0.717) is 10.9 Å². The molecule has 1 aliphatic heterocycles. The predicted octanol–water partition coefficient (Wildman–Crippen LogP) is 5.94. The Kier molecular flexibility index (Phi) is 6.28. The summed E-state index contributed by atoms with van der Waals surface area (Å²) < 4.78 is 13.7. The third-order valence-corrected chi connectivity index (χ3v) is 6.02. The average molecular weight is 389 g/mol. The van der Waals surface area contributed by atoms with Crippen LogP contribution in [0.2, 0.25) is 5.02 Å². The van der Waals surface area contributed by atoms with Gasteiger partial charge in [0.25, 0.3) is 0 Å². The minimum atomic E-state index is 0.0844. The molecule has 2 aromatic heterocycles. The van der Waals surface area contributed by atoms with Crippen LogP contribution in [0.15, 0.2) is 36.2 Å². The lowest BCUT2D eigenvalue weighted by molar-refractivity contribution is 0.0242. The molecule has 0 bridgehead atoms. The number of nitrogens with zero attached hydrogens (tertiary/aromatic N) is 2. The maximum absolute atomic E-state index is 6.41. The molecule has 0 amide bonds. The third kappa shape index (κ3) is 4.22. The zero-order valence-corrected chi connectivity index (χ0v) is 17.5. The molecule has 5 heteroatoms. The van der Waals surface area contributed by atoms with E-state index in [0.717, 1.165) is 54.9 Å². The topological polar surface area (TPSA) is 35.8 Å². The molecule has 1 saturated heterocycles. The number of ether oxygens (including phenoxy) is 2. The van der Waals surface area contributed by atoms with Gasteiger partial charge in [0.2, 0.25) is 0 Å². The normalized spacial score (nSPS) is 17.7. The SMILES string of the molecule is C=C(/C(C)=C(\C)CC)c1cc(OC(C)C2CCOCC2)c2c(Cl)cnn2c1. The van der Waals surface area contributed by atoms with Gasteiger partial charge in [-0.2, -0.15) is 5.10 Å². The van der Waals surface area contributed by atoms with Gasteiger partial charge in [-0.1, -0.05) is 30.7 Å². The quantitative estimate of drug-likeness (QED) is 0.574. The summed E-state index contributed by atoms with van der Waals surface area (Å²) in [6, 6.07) is 2.05. The van der Waals surface area contributed by atoms with E-state index < -0.39 is 0 Å². The summed E-state index contributed by atoms with van der Waals surface area (Å²) >= 11 is 6.40. The molecule has 1 aliphatic rings. The van der Waals surface area contributed by atoms with Gasteiger partial charge < -0.3 is 9.47 Å². The Labute approximate surface area is 166 Å². The van der Waals surface area contributed by atoms with Crippen molar-refractivity contribution in [3.63, 3.8) is 0 Å². The number of halogens is 1. The first-order valence-electron chi connectivity index (χ1n) is 9.69. The number of allylic oxidation sites excluding steroid dienone is 3. The van der Waals surface area contributed by atoms with E-state index in [1.165, 1.54) is 11.1 Å². The van der Waals surface area contributed by atoms with Crippen molar-refractivity contribution in [3.05, 3.63) is 46.8 Å². The van der Waals surface area contributed by atoms with Crippen LogP contribution in [-0.4, -0.2) is 28.9 Å². The fourth-order valence-electron chi connectivity index (χ4n) is 3.52. The molecule has 0 spiro atoms. The van der Waals surface area contributed by atoms with Crippen LogP contribution < -0.4 is 4.74 Å². The zero-order chi connectivity index (χ0) is 19.6. The second-order valence-corrected chi connectivity index (χ2v) is 7.80. The van der Waals surface area contributed by atoms with Crippen molar-refractivity contribution in [1.29, 1.82) is 0 Å². The van der Waals surface area contributed by atoms with Crippen LogP contribution in [0, 0.1) is 5.92 Å². The van der Waals surface area contributed by atoms with Crippen molar-refractivity contribution in [2.24, 2.45) is 5.92 Å². The highest BCUT2D eigenvalue weighted by atomic mass is 35.5. The predicted molar refractivity (Wildman–Crippen MR) is 112 cm³/mol. The number of hydrogen-bond acceptors (Lipinski definition) is 3. The Balaban J connectivity index is 1.97. The zero-order valence-electron chi connectivity index (χ0n) is 16.7. The minimum absolute atomic E-state index is 0.0844. The number of fused-ring (bicyclic) bond motifs is 1. The van der Waals surface area contributed by atoms with Gasteiger partial charge in [-0.3, -0.25) is 0 Å². The largest absolute Gasteiger partial charge is 0.488 e. The Hall–Kier alpha value is -1.78. The van der Waals surface area contributed by atoms with E-state index in [-0.39, 0.29) is 6.10 Å². The Morgan fingerprint density at radius 1 is 1.41 bits per heavy atom. The minimum Gasteiger partial charge on any atom is -0.488 e. The van der Waals surface area contributed by atoms with Crippen molar-refractivity contribution in [2.75, 3.05) is 13.2 Å². The molecule has 27 heavy (non-hydrogen) atoms. The highest BCUT2D eigenvalue weighted by molar-refractivity contribution is 6.34. The van der Waals surface area contributed by atoms with E-state index in [2.05, 4.69) is 39.4 Å². The molecule has 0 N–H and O–H groups in total. The summed E-state index contributed by atoms with van der Waals surface area (Å²) in [6.07, 6.45) is 6.77. The summed E-state index contributed by atoms with van der Waals surface area (Å²) in [5, 5.41) is 4.99. The molecule has 0 aliphatic carbocycles. The summed E-state index contributed by atoms with van der Waals surface area (Å²) in [7, 11) is 0. The summed E-state index contributed by atoms with van der Waals surface area (Å²) in [6.45, 7) is 14.5. The van der Waals surface area contributed by atoms with Crippen LogP contribution in [0.4, 0.5) is 0 Å². The van der Waals surface area contributed by atoms with Gasteiger partial charge >= 0.3 is 0 Å². The smallest absolute Gasteiger partial charge is 0.147 e. The second-order valence-electron chi connectivity index (χ2n) is 7.39. The molecule has 1 fully saturated rings. The van der Waals surface area contributed by atoms with Crippen molar-refractivity contribution in [1.82, 2.24) is 9.61 Å². The van der Waals surface area contributed by atoms with E-state index in [1.807, 2.05) is 12.3 Å².